The van der Waals surface area contributed by atoms with Crippen LogP contribution < -0.4 is 9.46 Å². The van der Waals surface area contributed by atoms with Gasteiger partial charge in [-0.15, -0.1) is 0 Å². The molecular formula is C16H18FNO3S. The summed E-state index contributed by atoms with van der Waals surface area (Å²) >= 11 is 0. The van der Waals surface area contributed by atoms with Crippen molar-refractivity contribution in [3.8, 4) is 5.75 Å². The Balaban J connectivity index is 2.34. The van der Waals surface area contributed by atoms with E-state index in [0.717, 1.165) is 11.6 Å². The van der Waals surface area contributed by atoms with Gasteiger partial charge in [-0.1, -0.05) is 29.8 Å². The molecule has 0 radical (unpaired) electrons. The number of benzene rings is 2. The van der Waals surface area contributed by atoms with Crippen LogP contribution in [-0.2, 0) is 10.0 Å². The molecule has 0 aromatic heterocycles. The van der Waals surface area contributed by atoms with Crippen LogP contribution in [0.2, 0.25) is 0 Å². The van der Waals surface area contributed by atoms with Crippen molar-refractivity contribution in [1.29, 1.82) is 0 Å². The summed E-state index contributed by atoms with van der Waals surface area (Å²) in [6.45, 7) is 3.59. The predicted molar refractivity (Wildman–Crippen MR) is 82.9 cm³/mol. The summed E-state index contributed by atoms with van der Waals surface area (Å²) in [7, 11) is -2.44. The Labute approximate surface area is 130 Å². The Kier molecular flexibility index (Phi) is 4.83. The van der Waals surface area contributed by atoms with Gasteiger partial charge in [0.05, 0.1) is 7.11 Å². The van der Waals surface area contributed by atoms with E-state index in [0.29, 0.717) is 11.3 Å². The first-order valence-corrected chi connectivity index (χ1v) is 8.25. The Bertz CT molecular complexity index is 775. The first-order chi connectivity index (χ1) is 10.3. The van der Waals surface area contributed by atoms with Gasteiger partial charge in [-0.25, -0.2) is 17.5 Å². The van der Waals surface area contributed by atoms with E-state index in [9.17, 15) is 12.8 Å². The number of ether oxygens (including phenoxy) is 1. The fraction of sp³-hybridized carbons (Fsp3) is 0.250. The van der Waals surface area contributed by atoms with E-state index in [1.165, 1.54) is 25.3 Å². The highest BCUT2D eigenvalue weighted by atomic mass is 32.2. The van der Waals surface area contributed by atoms with Crippen LogP contribution in [-0.4, -0.2) is 15.5 Å². The third-order valence-electron chi connectivity index (χ3n) is 3.31. The molecule has 4 nitrogen and oxygen atoms in total. The number of methoxy groups -OCH3 is 1. The fourth-order valence-corrected chi connectivity index (χ4v) is 3.52. The Hall–Kier alpha value is -1.92. The van der Waals surface area contributed by atoms with Crippen LogP contribution in [0.25, 0.3) is 0 Å². The number of aryl methyl sites for hydroxylation is 1. The van der Waals surface area contributed by atoms with Crippen molar-refractivity contribution < 1.29 is 17.5 Å². The molecule has 0 heterocycles. The zero-order valence-corrected chi connectivity index (χ0v) is 13.4. The van der Waals surface area contributed by atoms with Gasteiger partial charge in [-0.3, -0.25) is 0 Å². The van der Waals surface area contributed by atoms with Crippen LogP contribution in [0.5, 0.6) is 5.75 Å². The second-order valence-electron chi connectivity index (χ2n) is 5.02. The van der Waals surface area contributed by atoms with E-state index in [-0.39, 0.29) is 4.90 Å². The van der Waals surface area contributed by atoms with Crippen molar-refractivity contribution in [1.82, 2.24) is 4.72 Å². The maximum absolute atomic E-state index is 13.7. The summed E-state index contributed by atoms with van der Waals surface area (Å²) < 4.78 is 46.1. The van der Waals surface area contributed by atoms with Gasteiger partial charge in [0.1, 0.15) is 16.5 Å². The topological polar surface area (TPSA) is 55.4 Å². The van der Waals surface area contributed by atoms with Crippen LogP contribution in [0.15, 0.2) is 47.4 Å². The average Bonchev–Trinajstić information content (AvgIpc) is 2.47. The molecular weight excluding hydrogens is 305 g/mol. The van der Waals surface area contributed by atoms with E-state index < -0.39 is 21.9 Å². The van der Waals surface area contributed by atoms with E-state index in [1.807, 2.05) is 19.1 Å². The highest BCUT2D eigenvalue weighted by Crippen LogP contribution is 2.27. The summed E-state index contributed by atoms with van der Waals surface area (Å²) in [6.07, 6.45) is 0. The summed E-state index contributed by atoms with van der Waals surface area (Å²) in [5, 5.41) is 0. The van der Waals surface area contributed by atoms with Crippen LogP contribution in [0.3, 0.4) is 0 Å². The molecule has 1 atom stereocenters. The van der Waals surface area contributed by atoms with Gasteiger partial charge in [-0.2, -0.15) is 0 Å². The van der Waals surface area contributed by atoms with Crippen molar-refractivity contribution in [3.63, 3.8) is 0 Å². The van der Waals surface area contributed by atoms with Crippen LogP contribution in [0.1, 0.15) is 24.1 Å². The van der Waals surface area contributed by atoms with Crippen molar-refractivity contribution in [3.05, 3.63) is 59.4 Å². The molecule has 0 spiro atoms. The Morgan fingerprint density at radius 3 is 2.50 bits per heavy atom. The molecule has 0 fully saturated rings. The minimum atomic E-state index is -3.96. The standard InChI is InChI=1S/C16H18FNO3S/c1-11-8-9-15(21-3)13(10-11)12(2)18-22(19,20)16-7-5-4-6-14(16)17/h4-10,12,18H,1-3H3. The number of halogens is 1. The Morgan fingerprint density at radius 2 is 1.86 bits per heavy atom. The molecule has 0 aliphatic heterocycles. The molecule has 118 valence electrons. The SMILES string of the molecule is COc1ccc(C)cc1C(C)NS(=O)(=O)c1ccccc1F. The van der Waals surface area contributed by atoms with E-state index >= 15 is 0 Å². The molecule has 0 bridgehead atoms. The summed E-state index contributed by atoms with van der Waals surface area (Å²) in [5.41, 5.74) is 1.68. The summed E-state index contributed by atoms with van der Waals surface area (Å²) in [4.78, 5) is -0.367. The lowest BCUT2D eigenvalue weighted by atomic mass is 10.1. The molecule has 22 heavy (non-hydrogen) atoms. The minimum absolute atomic E-state index is 0.367. The molecule has 1 N–H and O–H groups in total. The van der Waals surface area contributed by atoms with E-state index in [1.54, 1.807) is 13.0 Å². The predicted octanol–water partition coefficient (Wildman–Crippen LogP) is 3.18. The number of rotatable bonds is 5. The van der Waals surface area contributed by atoms with Crippen LogP contribution >= 0.6 is 0 Å². The van der Waals surface area contributed by atoms with Gasteiger partial charge < -0.3 is 4.74 Å². The highest BCUT2D eigenvalue weighted by Gasteiger charge is 2.23. The van der Waals surface area contributed by atoms with Crippen molar-refractivity contribution in [2.75, 3.05) is 7.11 Å². The zero-order chi connectivity index (χ0) is 16.3. The third-order valence-corrected chi connectivity index (χ3v) is 4.88. The molecule has 0 saturated carbocycles. The van der Waals surface area contributed by atoms with Gasteiger partial charge in [0.25, 0.3) is 0 Å². The maximum Gasteiger partial charge on any atom is 0.244 e. The summed E-state index contributed by atoms with van der Waals surface area (Å²) in [6, 6.07) is 10.2. The number of nitrogens with one attached hydrogen (secondary N) is 1. The molecule has 2 aromatic carbocycles. The molecule has 6 heteroatoms. The molecule has 1 unspecified atom stereocenters. The lowest BCUT2D eigenvalue weighted by Gasteiger charge is -2.18. The molecule has 2 rings (SSSR count). The second-order valence-corrected chi connectivity index (χ2v) is 6.70. The quantitative estimate of drug-likeness (QED) is 0.919. The fourth-order valence-electron chi connectivity index (χ4n) is 2.21. The molecule has 0 aliphatic carbocycles. The molecule has 0 aliphatic rings. The van der Waals surface area contributed by atoms with Gasteiger partial charge in [0.2, 0.25) is 10.0 Å². The van der Waals surface area contributed by atoms with E-state index in [2.05, 4.69) is 4.72 Å². The highest BCUT2D eigenvalue weighted by molar-refractivity contribution is 7.89. The second kappa shape index (κ2) is 6.46. The first-order valence-electron chi connectivity index (χ1n) is 6.76. The van der Waals surface area contributed by atoms with Gasteiger partial charge >= 0.3 is 0 Å². The van der Waals surface area contributed by atoms with Gasteiger partial charge in [0.15, 0.2) is 0 Å². The van der Waals surface area contributed by atoms with Crippen molar-refractivity contribution >= 4 is 10.0 Å². The smallest absolute Gasteiger partial charge is 0.244 e. The zero-order valence-electron chi connectivity index (χ0n) is 12.6. The first kappa shape index (κ1) is 16.5. The maximum atomic E-state index is 13.7. The Morgan fingerprint density at radius 1 is 1.18 bits per heavy atom. The van der Waals surface area contributed by atoms with Gasteiger partial charge in [-0.05, 0) is 32.0 Å². The molecule has 0 saturated heterocycles. The molecule has 0 amide bonds. The minimum Gasteiger partial charge on any atom is -0.496 e. The summed E-state index contributed by atoms with van der Waals surface area (Å²) in [5.74, 6) is -0.201. The van der Waals surface area contributed by atoms with Crippen LogP contribution in [0, 0.1) is 12.7 Å². The van der Waals surface area contributed by atoms with Crippen molar-refractivity contribution in [2.45, 2.75) is 24.8 Å². The lowest BCUT2D eigenvalue weighted by Crippen LogP contribution is -2.28. The average molecular weight is 323 g/mol. The largest absolute Gasteiger partial charge is 0.496 e. The number of sulfonamides is 1. The van der Waals surface area contributed by atoms with Crippen molar-refractivity contribution in [2.24, 2.45) is 0 Å². The molecule has 2 aromatic rings. The van der Waals surface area contributed by atoms with E-state index in [4.69, 9.17) is 4.74 Å². The number of hydrogen-bond acceptors (Lipinski definition) is 3. The normalized spacial score (nSPS) is 12.9. The van der Waals surface area contributed by atoms with Crippen LogP contribution in [0.4, 0.5) is 4.39 Å². The third kappa shape index (κ3) is 3.45. The van der Waals surface area contributed by atoms with Gasteiger partial charge in [0, 0.05) is 11.6 Å². The number of hydrogen-bond donors (Lipinski definition) is 1. The lowest BCUT2D eigenvalue weighted by molar-refractivity contribution is 0.405. The monoisotopic (exact) mass is 323 g/mol.